The zero-order chi connectivity index (χ0) is 20.1. The summed E-state index contributed by atoms with van der Waals surface area (Å²) in [5, 5.41) is 22.5. The molecule has 3 aromatic rings. The lowest BCUT2D eigenvalue weighted by Gasteiger charge is -2.41. The fourth-order valence-electron chi connectivity index (χ4n) is 4.27. The Hall–Kier alpha value is -3.00. The molecule has 2 aliphatic rings. The van der Waals surface area contributed by atoms with E-state index in [0.29, 0.717) is 28.7 Å². The molecule has 0 radical (unpaired) electrons. The molecule has 1 aliphatic heterocycles. The number of rotatable bonds is 4. The molecule has 0 bridgehead atoms. The lowest BCUT2D eigenvalue weighted by atomic mass is 9.85. The lowest BCUT2D eigenvalue weighted by molar-refractivity contribution is 0.0737. The summed E-state index contributed by atoms with van der Waals surface area (Å²) in [5.74, 6) is 0.870. The van der Waals surface area contributed by atoms with Gasteiger partial charge in [-0.25, -0.2) is 9.97 Å². The number of oxazole rings is 1. The third-order valence-corrected chi connectivity index (χ3v) is 5.53. The van der Waals surface area contributed by atoms with Crippen molar-refractivity contribution in [3.8, 4) is 34.5 Å². The first-order chi connectivity index (χ1) is 13.9. The van der Waals surface area contributed by atoms with Crippen molar-refractivity contribution in [2.75, 3.05) is 0 Å². The summed E-state index contributed by atoms with van der Waals surface area (Å²) in [4.78, 5) is 8.35. The smallest absolute Gasteiger partial charge is 0.233 e. The number of aromatic nitrogens is 4. The zero-order valence-corrected chi connectivity index (χ0v) is 16.4. The molecule has 1 saturated carbocycles. The Bertz CT molecular complexity index is 1010. The van der Waals surface area contributed by atoms with Crippen molar-refractivity contribution in [2.45, 2.75) is 56.7 Å². The standard InChI is InChI=1S/C21H23N5O3/c1-20(2)10-14(11-21(26-20)5-6-21)29-17-4-3-15(24-25-17)18-16(27)9-13(12-23-18)19-22-7-8-28-19/h3-4,7-9,12,14,26-27H,5-6,10-11H2,1-2H3. The van der Waals surface area contributed by atoms with Crippen LogP contribution in [0.2, 0.25) is 0 Å². The number of nitrogens with zero attached hydrogens (tertiary/aromatic N) is 4. The van der Waals surface area contributed by atoms with Crippen LogP contribution in [0, 0.1) is 0 Å². The molecule has 4 heterocycles. The summed E-state index contributed by atoms with van der Waals surface area (Å²) >= 11 is 0. The Morgan fingerprint density at radius 3 is 2.69 bits per heavy atom. The monoisotopic (exact) mass is 393 g/mol. The van der Waals surface area contributed by atoms with Crippen molar-refractivity contribution < 1.29 is 14.3 Å². The van der Waals surface area contributed by atoms with Crippen molar-refractivity contribution in [2.24, 2.45) is 0 Å². The summed E-state index contributed by atoms with van der Waals surface area (Å²) < 4.78 is 11.4. The number of nitrogens with one attached hydrogen (secondary N) is 1. The first-order valence-electron chi connectivity index (χ1n) is 9.80. The van der Waals surface area contributed by atoms with E-state index in [9.17, 15) is 5.11 Å². The van der Waals surface area contributed by atoms with E-state index in [0.717, 1.165) is 12.8 Å². The Morgan fingerprint density at radius 2 is 2.03 bits per heavy atom. The molecule has 3 aromatic heterocycles. The van der Waals surface area contributed by atoms with Crippen LogP contribution in [0.15, 0.2) is 41.3 Å². The van der Waals surface area contributed by atoms with Crippen molar-refractivity contribution in [3.63, 3.8) is 0 Å². The van der Waals surface area contributed by atoms with Gasteiger partial charge < -0.3 is 19.6 Å². The maximum absolute atomic E-state index is 10.4. The first-order valence-corrected chi connectivity index (χ1v) is 9.80. The largest absolute Gasteiger partial charge is 0.506 e. The van der Waals surface area contributed by atoms with Crippen molar-refractivity contribution in [1.29, 1.82) is 0 Å². The molecule has 1 spiro atoms. The average Bonchev–Trinajstić information content (AvgIpc) is 3.17. The van der Waals surface area contributed by atoms with Crippen LogP contribution in [-0.2, 0) is 0 Å². The van der Waals surface area contributed by atoms with Gasteiger partial charge in [-0.05, 0) is 38.8 Å². The van der Waals surface area contributed by atoms with Gasteiger partial charge in [-0.1, -0.05) is 0 Å². The van der Waals surface area contributed by atoms with Gasteiger partial charge in [0.05, 0.1) is 11.8 Å². The van der Waals surface area contributed by atoms with E-state index < -0.39 is 0 Å². The lowest BCUT2D eigenvalue weighted by Crippen LogP contribution is -2.56. The van der Waals surface area contributed by atoms with Gasteiger partial charge in [-0.3, -0.25) is 0 Å². The predicted molar refractivity (Wildman–Crippen MR) is 105 cm³/mol. The van der Waals surface area contributed by atoms with Gasteiger partial charge in [0.2, 0.25) is 11.8 Å². The van der Waals surface area contributed by atoms with Crippen LogP contribution in [-0.4, -0.2) is 42.5 Å². The molecule has 5 rings (SSSR count). The highest BCUT2D eigenvalue weighted by atomic mass is 16.5. The number of pyridine rings is 1. The maximum Gasteiger partial charge on any atom is 0.233 e. The molecule has 1 aliphatic carbocycles. The fourth-order valence-corrected chi connectivity index (χ4v) is 4.27. The second-order valence-corrected chi connectivity index (χ2v) is 8.62. The number of ether oxygens (including phenoxy) is 1. The minimum Gasteiger partial charge on any atom is -0.506 e. The SMILES string of the molecule is CC1(C)CC(Oc2ccc(-c3ncc(-c4ncco4)cc3O)nn2)CC2(CC2)N1. The normalized spacial score (nSPS) is 21.8. The van der Waals surface area contributed by atoms with Gasteiger partial charge in [-0.2, -0.15) is 0 Å². The molecule has 0 aromatic carbocycles. The molecular formula is C21H23N5O3. The highest BCUT2D eigenvalue weighted by molar-refractivity contribution is 5.66. The second kappa shape index (κ2) is 6.52. The average molecular weight is 393 g/mol. The van der Waals surface area contributed by atoms with Gasteiger partial charge in [-0.15, -0.1) is 10.2 Å². The van der Waals surface area contributed by atoms with Crippen LogP contribution in [0.25, 0.3) is 22.8 Å². The van der Waals surface area contributed by atoms with Gasteiger partial charge in [0.1, 0.15) is 29.5 Å². The van der Waals surface area contributed by atoms with E-state index in [1.54, 1.807) is 30.6 Å². The first kappa shape index (κ1) is 18.1. The van der Waals surface area contributed by atoms with Gasteiger partial charge in [0, 0.05) is 36.2 Å². The third kappa shape index (κ3) is 3.67. The molecule has 1 saturated heterocycles. The summed E-state index contributed by atoms with van der Waals surface area (Å²) in [7, 11) is 0. The molecule has 0 amide bonds. The van der Waals surface area contributed by atoms with Crippen LogP contribution < -0.4 is 10.1 Å². The molecule has 2 fully saturated rings. The van der Waals surface area contributed by atoms with Crippen LogP contribution in [0.1, 0.15) is 39.5 Å². The molecule has 1 atom stereocenters. The number of piperidine rings is 1. The van der Waals surface area contributed by atoms with Gasteiger partial charge >= 0.3 is 0 Å². The fraction of sp³-hybridized carbons (Fsp3) is 0.429. The highest BCUT2D eigenvalue weighted by Crippen LogP contribution is 2.46. The number of aromatic hydroxyl groups is 1. The number of hydrogen-bond acceptors (Lipinski definition) is 8. The Balaban J connectivity index is 1.32. The minimum atomic E-state index is -0.0144. The van der Waals surface area contributed by atoms with E-state index in [1.165, 1.54) is 19.1 Å². The summed E-state index contributed by atoms with van der Waals surface area (Å²) in [6, 6.07) is 5.08. The zero-order valence-electron chi connectivity index (χ0n) is 16.4. The molecule has 8 nitrogen and oxygen atoms in total. The number of hydrogen-bond donors (Lipinski definition) is 2. The topological polar surface area (TPSA) is 106 Å². The van der Waals surface area contributed by atoms with Crippen molar-refractivity contribution in [1.82, 2.24) is 25.5 Å². The molecule has 1 unspecified atom stereocenters. The van der Waals surface area contributed by atoms with E-state index in [1.807, 2.05) is 0 Å². The summed E-state index contributed by atoms with van der Waals surface area (Å²) in [6.45, 7) is 4.43. The van der Waals surface area contributed by atoms with Crippen LogP contribution in [0.3, 0.4) is 0 Å². The predicted octanol–water partition coefficient (Wildman–Crippen LogP) is 3.34. The van der Waals surface area contributed by atoms with Crippen LogP contribution in [0.5, 0.6) is 11.6 Å². The molecule has 29 heavy (non-hydrogen) atoms. The Kier molecular flexibility index (Phi) is 4.06. The van der Waals surface area contributed by atoms with E-state index >= 15 is 0 Å². The Morgan fingerprint density at radius 1 is 1.17 bits per heavy atom. The Labute approximate surface area is 168 Å². The summed E-state index contributed by atoms with van der Waals surface area (Å²) in [6.07, 6.45) is 9.02. The van der Waals surface area contributed by atoms with Crippen molar-refractivity contribution in [3.05, 3.63) is 36.9 Å². The van der Waals surface area contributed by atoms with Gasteiger partial charge in [0.15, 0.2) is 0 Å². The van der Waals surface area contributed by atoms with Crippen LogP contribution >= 0.6 is 0 Å². The highest BCUT2D eigenvalue weighted by Gasteiger charge is 2.51. The van der Waals surface area contributed by atoms with Gasteiger partial charge in [0.25, 0.3) is 0 Å². The molecular weight excluding hydrogens is 370 g/mol. The molecule has 150 valence electrons. The van der Waals surface area contributed by atoms with Crippen LogP contribution in [0.4, 0.5) is 0 Å². The molecule has 2 N–H and O–H groups in total. The van der Waals surface area contributed by atoms with E-state index in [2.05, 4.69) is 39.3 Å². The van der Waals surface area contributed by atoms with E-state index in [-0.39, 0.29) is 22.9 Å². The third-order valence-electron chi connectivity index (χ3n) is 5.53. The molecule has 8 heteroatoms. The summed E-state index contributed by atoms with van der Waals surface area (Å²) in [5.41, 5.74) is 1.69. The van der Waals surface area contributed by atoms with Crippen molar-refractivity contribution >= 4 is 0 Å². The minimum absolute atomic E-state index is 0.0144. The maximum atomic E-state index is 10.4. The quantitative estimate of drug-likeness (QED) is 0.695. The van der Waals surface area contributed by atoms with E-state index in [4.69, 9.17) is 9.15 Å². The second-order valence-electron chi connectivity index (χ2n) is 8.62.